The van der Waals surface area contributed by atoms with Crippen LogP contribution in [0.2, 0.25) is 0 Å². The van der Waals surface area contributed by atoms with Crippen LogP contribution < -0.4 is 5.30 Å². The molecule has 6 aromatic rings. The van der Waals surface area contributed by atoms with E-state index < -0.39 is 7.14 Å². The van der Waals surface area contributed by atoms with Crippen molar-refractivity contribution in [1.82, 2.24) is 9.55 Å². The van der Waals surface area contributed by atoms with E-state index in [0.29, 0.717) is 0 Å². The molecular formula is C49H49IrN2OP-2. The van der Waals surface area contributed by atoms with Crippen LogP contribution in [0.3, 0.4) is 0 Å². The summed E-state index contributed by atoms with van der Waals surface area (Å²) in [6.45, 7) is 0. The maximum absolute atomic E-state index is 15.9. The van der Waals surface area contributed by atoms with E-state index >= 15 is 4.57 Å². The van der Waals surface area contributed by atoms with Gasteiger partial charge in [-0.15, -0.1) is 29.1 Å². The summed E-state index contributed by atoms with van der Waals surface area (Å²) in [6, 6.07) is 44.7. The standard InChI is InChI=1S/C26H34OP.C23H15N2.Ir/c27-28(24-4-2-1-3-5-24,25-12-18-6-19(13-25)8-20(7-18)14-25)26-15-21-9-22(16-26)11-23(10-21)17-26;1-2-9-17(10-3-1)25-22-15-5-4-11-18(22)19-12-8-13-20(23(19)25)21-14-6-7-16-24-21;/h1-4,18-23H,6-17H2;1-12,14-16H;/q2*-1;. The Morgan fingerprint density at radius 3 is 1.69 bits per heavy atom. The summed E-state index contributed by atoms with van der Waals surface area (Å²) in [5.74, 6) is 5.23. The summed E-state index contributed by atoms with van der Waals surface area (Å²) in [6.07, 6.45) is 18.2. The molecule has 0 unspecified atom stereocenters. The molecule has 8 bridgehead atoms. The van der Waals surface area contributed by atoms with Gasteiger partial charge in [0.25, 0.3) is 0 Å². The minimum absolute atomic E-state index is 0. The molecule has 0 saturated heterocycles. The van der Waals surface area contributed by atoms with Crippen molar-refractivity contribution < 1.29 is 24.7 Å². The van der Waals surface area contributed by atoms with E-state index in [-0.39, 0.29) is 30.4 Å². The van der Waals surface area contributed by atoms with E-state index in [1.54, 1.807) is 0 Å². The number of benzene rings is 4. The molecule has 0 amide bonds. The van der Waals surface area contributed by atoms with Crippen molar-refractivity contribution in [3.63, 3.8) is 0 Å². The van der Waals surface area contributed by atoms with E-state index in [2.05, 4.69) is 101 Å². The minimum atomic E-state index is -2.53. The molecule has 0 spiro atoms. The van der Waals surface area contributed by atoms with Crippen LogP contribution >= 0.6 is 7.14 Å². The zero-order valence-corrected chi connectivity index (χ0v) is 34.3. The molecule has 8 saturated carbocycles. The van der Waals surface area contributed by atoms with Crippen molar-refractivity contribution in [1.29, 1.82) is 0 Å². The van der Waals surface area contributed by atoms with Crippen molar-refractivity contribution in [3.05, 3.63) is 128 Å². The third-order valence-electron chi connectivity index (χ3n) is 14.9. The molecule has 8 aliphatic carbocycles. The predicted octanol–water partition coefficient (Wildman–Crippen LogP) is 12.1. The zero-order valence-electron chi connectivity index (χ0n) is 31.0. The molecule has 5 heteroatoms. The predicted molar refractivity (Wildman–Crippen MR) is 217 cm³/mol. The molecule has 0 N–H and O–H groups in total. The molecule has 14 rings (SSSR count). The van der Waals surface area contributed by atoms with Crippen LogP contribution in [0.15, 0.2) is 115 Å². The van der Waals surface area contributed by atoms with Gasteiger partial charge in [-0.3, -0.25) is 0 Å². The topological polar surface area (TPSA) is 34.9 Å². The number of fused-ring (bicyclic) bond motifs is 3. The van der Waals surface area contributed by atoms with E-state index in [0.717, 1.165) is 58.0 Å². The molecule has 2 aromatic heterocycles. The van der Waals surface area contributed by atoms with Crippen LogP contribution in [0.1, 0.15) is 77.0 Å². The molecule has 8 aliphatic rings. The zero-order chi connectivity index (χ0) is 35.2. The van der Waals surface area contributed by atoms with Gasteiger partial charge < -0.3 is 14.1 Å². The molecule has 54 heavy (non-hydrogen) atoms. The van der Waals surface area contributed by atoms with E-state index in [1.807, 2.05) is 36.5 Å². The largest absolute Gasteiger partial charge is 0.351 e. The van der Waals surface area contributed by atoms with Crippen LogP contribution in [-0.2, 0) is 24.7 Å². The van der Waals surface area contributed by atoms with Crippen LogP contribution in [-0.4, -0.2) is 19.9 Å². The van der Waals surface area contributed by atoms with Gasteiger partial charge in [0.1, 0.15) is 7.14 Å². The summed E-state index contributed by atoms with van der Waals surface area (Å²) in [4.78, 5) is 4.56. The van der Waals surface area contributed by atoms with Gasteiger partial charge in [-0.1, -0.05) is 53.9 Å². The fourth-order valence-electron chi connectivity index (χ4n) is 14.0. The molecule has 1 radical (unpaired) electrons. The Morgan fingerprint density at radius 1 is 0.574 bits per heavy atom. The smallest absolute Gasteiger partial charge is 0.104 e. The van der Waals surface area contributed by atoms with Gasteiger partial charge in [0.05, 0.1) is 0 Å². The first-order valence-electron chi connectivity index (χ1n) is 20.5. The summed E-state index contributed by atoms with van der Waals surface area (Å²) in [5, 5.41) is 3.89. The number of rotatable bonds is 5. The van der Waals surface area contributed by atoms with Gasteiger partial charge in [-0.2, -0.15) is 30.3 Å². The molecule has 0 aliphatic heterocycles. The Balaban J connectivity index is 0.000000132. The van der Waals surface area contributed by atoms with Gasteiger partial charge >= 0.3 is 0 Å². The molecule has 3 nitrogen and oxygen atoms in total. The number of pyridine rings is 1. The fourth-order valence-corrected chi connectivity index (χ4v) is 19.7. The van der Waals surface area contributed by atoms with Crippen molar-refractivity contribution >= 4 is 34.3 Å². The molecule has 277 valence electrons. The van der Waals surface area contributed by atoms with Gasteiger partial charge in [0.15, 0.2) is 0 Å². The fraction of sp³-hybridized carbons (Fsp3) is 0.408. The Labute approximate surface area is 334 Å². The van der Waals surface area contributed by atoms with Crippen molar-refractivity contribution in [2.24, 2.45) is 35.5 Å². The van der Waals surface area contributed by atoms with Crippen molar-refractivity contribution in [2.75, 3.05) is 0 Å². The van der Waals surface area contributed by atoms with Gasteiger partial charge in [-0.25, -0.2) is 0 Å². The Bertz CT molecular complexity index is 2230. The first kappa shape index (κ1) is 35.1. The van der Waals surface area contributed by atoms with E-state index in [1.165, 1.54) is 98.6 Å². The first-order chi connectivity index (χ1) is 26.0. The van der Waals surface area contributed by atoms with Crippen LogP contribution in [0.25, 0.3) is 38.8 Å². The van der Waals surface area contributed by atoms with Crippen molar-refractivity contribution in [3.8, 4) is 16.9 Å². The summed E-state index contributed by atoms with van der Waals surface area (Å²) in [7, 11) is -2.53. The van der Waals surface area contributed by atoms with Crippen LogP contribution in [0.5, 0.6) is 0 Å². The Hall–Kier alpha value is -3.29. The second-order valence-corrected chi connectivity index (χ2v) is 21.8. The third-order valence-corrected chi connectivity index (χ3v) is 19.7. The maximum atomic E-state index is 15.9. The summed E-state index contributed by atoms with van der Waals surface area (Å²) >= 11 is 0. The summed E-state index contributed by atoms with van der Waals surface area (Å²) in [5.41, 5.74) is 5.45. The molecule has 4 aromatic carbocycles. The maximum Gasteiger partial charge on any atom is 0.104 e. The Kier molecular flexibility index (Phi) is 8.74. The quantitative estimate of drug-likeness (QED) is 0.128. The third kappa shape index (κ3) is 5.37. The minimum Gasteiger partial charge on any atom is -0.351 e. The average molecular weight is 905 g/mol. The van der Waals surface area contributed by atoms with E-state index in [9.17, 15) is 0 Å². The number of hydrogen-bond donors (Lipinski definition) is 0. The first-order valence-corrected chi connectivity index (χ1v) is 22.2. The monoisotopic (exact) mass is 905 g/mol. The number of para-hydroxylation sites is 2. The van der Waals surface area contributed by atoms with Gasteiger partial charge in [0, 0.05) is 47.8 Å². The molecule has 2 heterocycles. The second-order valence-electron chi connectivity index (χ2n) is 18.2. The number of aromatic nitrogens is 2. The van der Waals surface area contributed by atoms with Crippen molar-refractivity contribution in [2.45, 2.75) is 87.4 Å². The van der Waals surface area contributed by atoms with Gasteiger partial charge in [0.2, 0.25) is 0 Å². The Morgan fingerprint density at radius 2 is 1.13 bits per heavy atom. The molecule has 0 atom stereocenters. The number of nitrogens with zero attached hydrogens (tertiary/aromatic N) is 2. The molecular weight excluding hydrogens is 856 g/mol. The second kappa shape index (κ2) is 13.4. The van der Waals surface area contributed by atoms with Crippen LogP contribution in [0, 0.1) is 47.6 Å². The normalized spacial score (nSPS) is 32.5. The van der Waals surface area contributed by atoms with E-state index in [4.69, 9.17) is 0 Å². The SMILES string of the molecule is O=P(c1[c-]cccc1)(C12CC3CC(CC(C3)C1)C2)C12CC3CC(CC(C3)C1)C2.[Ir].[c-]1ccc2c3ccccc3n(-c3ccccc3)c2c1-c1ccccn1. The summed E-state index contributed by atoms with van der Waals surface area (Å²) < 4.78 is 18.2. The van der Waals surface area contributed by atoms with Crippen LogP contribution in [0.4, 0.5) is 0 Å². The van der Waals surface area contributed by atoms with Gasteiger partial charge in [-0.05, 0) is 153 Å². The number of hydrogen-bond acceptors (Lipinski definition) is 2. The average Bonchev–Trinajstić information content (AvgIpc) is 3.52. The molecule has 8 fully saturated rings.